The third-order valence-corrected chi connectivity index (χ3v) is 5.10. The van der Waals surface area contributed by atoms with E-state index in [2.05, 4.69) is 22.9 Å². The van der Waals surface area contributed by atoms with Crippen molar-refractivity contribution in [2.75, 3.05) is 0 Å². The molecule has 1 aliphatic carbocycles. The van der Waals surface area contributed by atoms with Crippen LogP contribution in [0.1, 0.15) is 38.2 Å². The molecule has 110 valence electrons. The summed E-state index contributed by atoms with van der Waals surface area (Å²) >= 11 is 3.41. The van der Waals surface area contributed by atoms with E-state index in [-0.39, 0.29) is 17.7 Å². The molecule has 2 rings (SSSR count). The number of halogens is 1. The first-order valence-electron chi connectivity index (χ1n) is 7.12. The molecule has 0 spiro atoms. The fourth-order valence-electron chi connectivity index (χ4n) is 3.03. The van der Waals surface area contributed by atoms with E-state index < -0.39 is 4.92 Å². The molecule has 4 nitrogen and oxygen atoms in total. The molecule has 0 bridgehead atoms. The predicted molar refractivity (Wildman–Crippen MR) is 81.6 cm³/mol. The average Bonchev–Trinajstić information content (AvgIpc) is 2.43. The van der Waals surface area contributed by atoms with Crippen molar-refractivity contribution in [3.05, 3.63) is 38.3 Å². The molecule has 0 heterocycles. The van der Waals surface area contributed by atoms with E-state index in [0.717, 1.165) is 42.1 Å². The molecule has 0 amide bonds. The molecular formula is C15H20BrNO3. The summed E-state index contributed by atoms with van der Waals surface area (Å²) in [5.41, 5.74) is 1.13. The summed E-state index contributed by atoms with van der Waals surface area (Å²) < 4.78 is 0.762. The van der Waals surface area contributed by atoms with Gasteiger partial charge in [0.1, 0.15) is 0 Å². The Bertz CT molecular complexity index is 492. The van der Waals surface area contributed by atoms with Gasteiger partial charge in [0.25, 0.3) is 5.69 Å². The van der Waals surface area contributed by atoms with Gasteiger partial charge in [0, 0.05) is 16.6 Å². The lowest BCUT2D eigenvalue weighted by atomic mass is 9.76. The maximum absolute atomic E-state index is 10.7. The van der Waals surface area contributed by atoms with Crippen LogP contribution in [0.2, 0.25) is 0 Å². The van der Waals surface area contributed by atoms with Crippen molar-refractivity contribution < 1.29 is 10.0 Å². The van der Waals surface area contributed by atoms with E-state index in [4.69, 9.17) is 0 Å². The largest absolute Gasteiger partial charge is 0.393 e. The van der Waals surface area contributed by atoms with Gasteiger partial charge in [0.15, 0.2) is 0 Å². The summed E-state index contributed by atoms with van der Waals surface area (Å²) in [6, 6.07) is 4.87. The van der Waals surface area contributed by atoms with Gasteiger partial charge in [-0.25, -0.2) is 0 Å². The van der Waals surface area contributed by atoms with Crippen molar-refractivity contribution in [1.29, 1.82) is 0 Å². The molecule has 1 aliphatic rings. The van der Waals surface area contributed by atoms with Crippen molar-refractivity contribution in [3.63, 3.8) is 0 Å². The normalized spacial score (nSPS) is 26.4. The summed E-state index contributed by atoms with van der Waals surface area (Å²) in [6.45, 7) is 2.20. The van der Waals surface area contributed by atoms with Crippen LogP contribution in [0.25, 0.3) is 0 Å². The van der Waals surface area contributed by atoms with Crippen molar-refractivity contribution in [2.45, 2.75) is 45.1 Å². The minimum absolute atomic E-state index is 0.0938. The number of aliphatic hydroxyl groups excluding tert-OH is 1. The van der Waals surface area contributed by atoms with Crippen LogP contribution in [0.4, 0.5) is 5.69 Å². The molecule has 5 heteroatoms. The standard InChI is InChI=1S/C15H20BrNO3/c1-2-10-3-6-15(18)12(7-10)8-11-4-5-13(17(19)20)9-14(11)16/h4-5,9-10,12,15,18H,2-3,6-8H2,1H3. The Kier molecular flexibility index (Phi) is 5.16. The molecule has 1 aromatic carbocycles. The van der Waals surface area contributed by atoms with Gasteiger partial charge in [-0.05, 0) is 43.1 Å². The fraction of sp³-hybridized carbons (Fsp3) is 0.600. The molecule has 1 saturated carbocycles. The number of aliphatic hydroxyl groups is 1. The Morgan fingerprint density at radius 1 is 1.45 bits per heavy atom. The van der Waals surface area contributed by atoms with E-state index in [1.165, 1.54) is 6.07 Å². The molecule has 0 aromatic heterocycles. The number of nitro benzene ring substituents is 1. The second kappa shape index (κ2) is 6.68. The second-order valence-corrected chi connectivity index (χ2v) is 6.51. The lowest BCUT2D eigenvalue weighted by Gasteiger charge is -2.33. The third-order valence-electron chi connectivity index (χ3n) is 4.36. The number of nitro groups is 1. The van der Waals surface area contributed by atoms with Crippen LogP contribution in [0, 0.1) is 22.0 Å². The molecule has 0 radical (unpaired) electrons. The molecule has 1 fully saturated rings. The fourth-order valence-corrected chi connectivity index (χ4v) is 3.56. The highest BCUT2D eigenvalue weighted by Crippen LogP contribution is 2.35. The topological polar surface area (TPSA) is 63.4 Å². The Labute approximate surface area is 127 Å². The first-order valence-corrected chi connectivity index (χ1v) is 7.91. The second-order valence-electron chi connectivity index (χ2n) is 5.65. The summed E-state index contributed by atoms with van der Waals surface area (Å²) in [5.74, 6) is 0.951. The minimum atomic E-state index is -0.392. The zero-order chi connectivity index (χ0) is 14.7. The zero-order valence-corrected chi connectivity index (χ0v) is 13.2. The van der Waals surface area contributed by atoms with Crippen LogP contribution in [-0.4, -0.2) is 16.1 Å². The van der Waals surface area contributed by atoms with Crippen LogP contribution in [0.3, 0.4) is 0 Å². The molecule has 3 atom stereocenters. The average molecular weight is 342 g/mol. The molecule has 20 heavy (non-hydrogen) atoms. The van der Waals surface area contributed by atoms with E-state index in [1.54, 1.807) is 12.1 Å². The first kappa shape index (κ1) is 15.4. The molecular weight excluding hydrogens is 322 g/mol. The van der Waals surface area contributed by atoms with Crippen molar-refractivity contribution >= 4 is 21.6 Å². The molecule has 3 unspecified atom stereocenters. The highest BCUT2D eigenvalue weighted by molar-refractivity contribution is 9.10. The van der Waals surface area contributed by atoms with Crippen molar-refractivity contribution in [1.82, 2.24) is 0 Å². The summed E-state index contributed by atoms with van der Waals surface area (Å²) in [7, 11) is 0. The highest BCUT2D eigenvalue weighted by atomic mass is 79.9. The molecule has 0 saturated heterocycles. The monoisotopic (exact) mass is 341 g/mol. The minimum Gasteiger partial charge on any atom is -0.393 e. The van der Waals surface area contributed by atoms with Crippen LogP contribution in [0.15, 0.2) is 22.7 Å². The first-order chi connectivity index (χ1) is 9.51. The van der Waals surface area contributed by atoms with Gasteiger partial charge in [-0.3, -0.25) is 10.1 Å². The third kappa shape index (κ3) is 3.58. The zero-order valence-electron chi connectivity index (χ0n) is 11.6. The van der Waals surface area contributed by atoms with Gasteiger partial charge < -0.3 is 5.11 Å². The van der Waals surface area contributed by atoms with Gasteiger partial charge in [-0.15, -0.1) is 0 Å². The maximum atomic E-state index is 10.7. The summed E-state index contributed by atoms with van der Waals surface area (Å²) in [4.78, 5) is 10.3. The smallest absolute Gasteiger partial charge is 0.270 e. The van der Waals surface area contributed by atoms with Crippen LogP contribution in [-0.2, 0) is 6.42 Å². The van der Waals surface area contributed by atoms with Crippen molar-refractivity contribution in [3.8, 4) is 0 Å². The maximum Gasteiger partial charge on any atom is 0.270 e. The highest BCUT2D eigenvalue weighted by Gasteiger charge is 2.29. The summed E-state index contributed by atoms with van der Waals surface area (Å²) in [6.07, 6.45) is 4.70. The van der Waals surface area contributed by atoms with E-state index in [1.807, 2.05) is 0 Å². The number of nitrogens with zero attached hydrogens (tertiary/aromatic N) is 1. The van der Waals surface area contributed by atoms with Crippen LogP contribution < -0.4 is 0 Å². The Morgan fingerprint density at radius 3 is 2.80 bits per heavy atom. The predicted octanol–water partition coefficient (Wildman–Crippen LogP) is 4.09. The summed E-state index contributed by atoms with van der Waals surface area (Å²) in [5, 5.41) is 20.9. The Hall–Kier alpha value is -0.940. The number of hydrogen-bond donors (Lipinski definition) is 1. The number of non-ortho nitro benzene ring substituents is 1. The number of rotatable bonds is 4. The van der Waals surface area contributed by atoms with E-state index in [0.29, 0.717) is 5.92 Å². The SMILES string of the molecule is CCC1CCC(O)C(Cc2ccc([N+](=O)[O-])cc2Br)C1. The Balaban J connectivity index is 2.10. The van der Waals surface area contributed by atoms with E-state index in [9.17, 15) is 15.2 Å². The lowest BCUT2D eigenvalue weighted by molar-refractivity contribution is -0.384. The van der Waals surface area contributed by atoms with E-state index >= 15 is 0 Å². The van der Waals surface area contributed by atoms with Gasteiger partial charge in [-0.2, -0.15) is 0 Å². The van der Waals surface area contributed by atoms with Crippen molar-refractivity contribution in [2.24, 2.45) is 11.8 Å². The van der Waals surface area contributed by atoms with Gasteiger partial charge >= 0.3 is 0 Å². The number of benzene rings is 1. The quantitative estimate of drug-likeness (QED) is 0.662. The van der Waals surface area contributed by atoms with Gasteiger partial charge in [0.2, 0.25) is 0 Å². The van der Waals surface area contributed by atoms with Crippen LogP contribution >= 0.6 is 15.9 Å². The van der Waals surface area contributed by atoms with Crippen LogP contribution in [0.5, 0.6) is 0 Å². The van der Waals surface area contributed by atoms with Gasteiger partial charge in [0.05, 0.1) is 11.0 Å². The molecule has 1 aromatic rings. The van der Waals surface area contributed by atoms with Gasteiger partial charge in [-0.1, -0.05) is 35.3 Å². The molecule has 1 N–H and O–H groups in total. The Morgan fingerprint density at radius 2 is 2.20 bits per heavy atom. The molecule has 0 aliphatic heterocycles. The number of hydrogen-bond acceptors (Lipinski definition) is 3. The lowest BCUT2D eigenvalue weighted by Crippen LogP contribution is -2.30.